The molecule has 2 aromatic rings. The largest absolute Gasteiger partial charge is 0.323 e. The summed E-state index contributed by atoms with van der Waals surface area (Å²) in [7, 11) is -1.97. The zero-order valence-corrected chi connectivity index (χ0v) is 15.1. The Morgan fingerprint density at radius 2 is 1.88 bits per heavy atom. The van der Waals surface area contributed by atoms with Crippen molar-refractivity contribution in [2.24, 2.45) is 7.05 Å². The maximum absolute atomic E-state index is 12.9. The van der Waals surface area contributed by atoms with Crippen LogP contribution in [-0.4, -0.2) is 59.6 Å². The number of amides is 2. The maximum atomic E-state index is 12.9. The van der Waals surface area contributed by atoms with Crippen LogP contribution in [-0.2, 0) is 17.1 Å². The van der Waals surface area contributed by atoms with Crippen LogP contribution in [0.1, 0.15) is 6.42 Å². The van der Waals surface area contributed by atoms with Crippen molar-refractivity contribution in [2.45, 2.75) is 11.3 Å². The van der Waals surface area contributed by atoms with E-state index in [-0.39, 0.29) is 29.8 Å². The van der Waals surface area contributed by atoms with Gasteiger partial charge in [-0.3, -0.25) is 4.68 Å². The van der Waals surface area contributed by atoms with Crippen LogP contribution in [0.4, 0.5) is 14.9 Å². The number of sulfonamides is 1. The van der Waals surface area contributed by atoms with Crippen LogP contribution in [0, 0.1) is 5.82 Å². The van der Waals surface area contributed by atoms with Crippen LogP contribution < -0.4 is 5.32 Å². The maximum Gasteiger partial charge on any atom is 0.321 e. The highest BCUT2D eigenvalue weighted by Crippen LogP contribution is 2.17. The fourth-order valence-corrected chi connectivity index (χ4v) is 4.21. The lowest BCUT2D eigenvalue weighted by atomic mass is 10.3. The van der Waals surface area contributed by atoms with Crippen LogP contribution in [0.25, 0.3) is 0 Å². The predicted octanol–water partition coefficient (Wildman–Crippen LogP) is 1.49. The molecule has 0 saturated carbocycles. The van der Waals surface area contributed by atoms with E-state index >= 15 is 0 Å². The second-order valence-corrected chi connectivity index (χ2v) is 7.97. The molecule has 1 saturated heterocycles. The summed E-state index contributed by atoms with van der Waals surface area (Å²) in [5.41, 5.74) is 0.487. The van der Waals surface area contributed by atoms with Crippen LogP contribution >= 0.6 is 0 Å². The first-order chi connectivity index (χ1) is 12.4. The van der Waals surface area contributed by atoms with Crippen molar-refractivity contribution in [3.8, 4) is 0 Å². The van der Waals surface area contributed by atoms with Gasteiger partial charge < -0.3 is 10.2 Å². The number of hydrogen-bond acceptors (Lipinski definition) is 4. The molecule has 0 bridgehead atoms. The first-order valence-electron chi connectivity index (χ1n) is 8.16. The Labute approximate surface area is 151 Å². The number of carbonyl (C=O) groups excluding carboxylic acids is 1. The molecule has 0 unspecified atom stereocenters. The van der Waals surface area contributed by atoms with Crippen LogP contribution in [0.5, 0.6) is 0 Å². The first kappa shape index (κ1) is 18.3. The van der Waals surface area contributed by atoms with Gasteiger partial charge in [-0.25, -0.2) is 17.6 Å². The van der Waals surface area contributed by atoms with Gasteiger partial charge in [0.1, 0.15) is 10.7 Å². The molecule has 2 amide bonds. The van der Waals surface area contributed by atoms with E-state index in [4.69, 9.17) is 0 Å². The number of anilines is 1. The first-order valence-corrected chi connectivity index (χ1v) is 9.60. The predicted molar refractivity (Wildman–Crippen MR) is 93.6 cm³/mol. The lowest BCUT2D eigenvalue weighted by Gasteiger charge is -2.22. The standard InChI is InChI=1S/C16H20FN5O3S/c1-20-12-15(11-18-20)26(24,25)22-8-2-7-21(9-10-22)16(23)19-14-5-3-13(17)4-6-14/h3-6,11-12H,2,7-10H2,1H3,(H,19,23). The molecule has 0 atom stereocenters. The van der Waals surface area contributed by atoms with Crippen molar-refractivity contribution >= 4 is 21.7 Å². The Bertz CT molecular complexity index is 882. The minimum Gasteiger partial charge on any atom is -0.323 e. The van der Waals surface area contributed by atoms with E-state index in [0.29, 0.717) is 25.2 Å². The molecule has 0 aliphatic carbocycles. The van der Waals surface area contributed by atoms with Gasteiger partial charge in [0.05, 0.1) is 6.20 Å². The molecule has 2 heterocycles. The SMILES string of the molecule is Cn1cc(S(=O)(=O)N2CCCN(C(=O)Nc3ccc(F)cc3)CC2)cn1. The molecule has 1 aromatic heterocycles. The number of nitrogens with one attached hydrogen (secondary N) is 1. The number of aromatic nitrogens is 2. The van der Waals surface area contributed by atoms with E-state index in [9.17, 15) is 17.6 Å². The second kappa shape index (κ2) is 7.42. The number of hydrogen-bond donors (Lipinski definition) is 1. The zero-order valence-electron chi connectivity index (χ0n) is 14.3. The van der Waals surface area contributed by atoms with Gasteiger partial charge in [-0.2, -0.15) is 9.40 Å². The summed E-state index contributed by atoms with van der Waals surface area (Å²) >= 11 is 0. The van der Waals surface area contributed by atoms with Gasteiger partial charge >= 0.3 is 6.03 Å². The Balaban J connectivity index is 1.64. The minimum absolute atomic E-state index is 0.143. The molecule has 8 nitrogen and oxygen atoms in total. The number of carbonyl (C=O) groups is 1. The lowest BCUT2D eigenvalue weighted by Crippen LogP contribution is -2.39. The third-order valence-electron chi connectivity index (χ3n) is 4.16. The van der Waals surface area contributed by atoms with Gasteiger partial charge in [-0.1, -0.05) is 0 Å². The summed E-state index contributed by atoms with van der Waals surface area (Å²) in [5, 5.41) is 6.60. The monoisotopic (exact) mass is 381 g/mol. The van der Waals surface area contributed by atoms with Gasteiger partial charge in [0.15, 0.2) is 0 Å². The van der Waals surface area contributed by atoms with Crippen molar-refractivity contribution in [3.63, 3.8) is 0 Å². The van der Waals surface area contributed by atoms with Gasteiger partial charge in [0, 0.05) is 45.1 Å². The lowest BCUT2D eigenvalue weighted by molar-refractivity contribution is 0.214. The fourth-order valence-electron chi connectivity index (χ4n) is 2.75. The Hall–Kier alpha value is -2.46. The summed E-state index contributed by atoms with van der Waals surface area (Å²) < 4.78 is 41.1. The number of benzene rings is 1. The Morgan fingerprint density at radius 3 is 2.54 bits per heavy atom. The highest BCUT2D eigenvalue weighted by atomic mass is 32.2. The number of urea groups is 1. The summed E-state index contributed by atoms with van der Waals surface area (Å²) in [4.78, 5) is 14.1. The molecule has 3 rings (SSSR count). The van der Waals surface area contributed by atoms with Gasteiger partial charge in [0.2, 0.25) is 10.0 Å². The topological polar surface area (TPSA) is 87.5 Å². The average molecular weight is 381 g/mol. The van der Waals surface area contributed by atoms with Crippen molar-refractivity contribution in [1.82, 2.24) is 19.0 Å². The van der Waals surface area contributed by atoms with E-state index in [1.807, 2.05) is 0 Å². The highest BCUT2D eigenvalue weighted by Gasteiger charge is 2.29. The quantitative estimate of drug-likeness (QED) is 0.873. The molecule has 10 heteroatoms. The average Bonchev–Trinajstić information content (AvgIpc) is 2.90. The van der Waals surface area contributed by atoms with E-state index in [1.54, 1.807) is 11.9 Å². The molecular weight excluding hydrogens is 361 g/mol. The van der Waals surface area contributed by atoms with Crippen molar-refractivity contribution < 1.29 is 17.6 Å². The molecule has 1 fully saturated rings. The van der Waals surface area contributed by atoms with Gasteiger partial charge in [0.25, 0.3) is 0 Å². The molecule has 1 aliphatic rings. The summed E-state index contributed by atoms with van der Waals surface area (Å²) in [5.74, 6) is -0.381. The van der Waals surface area contributed by atoms with E-state index in [2.05, 4.69) is 10.4 Å². The molecule has 140 valence electrons. The van der Waals surface area contributed by atoms with Crippen molar-refractivity contribution in [3.05, 3.63) is 42.5 Å². The number of nitrogens with zero attached hydrogens (tertiary/aromatic N) is 4. The minimum atomic E-state index is -3.63. The van der Waals surface area contributed by atoms with Crippen LogP contribution in [0.3, 0.4) is 0 Å². The van der Waals surface area contributed by atoms with Gasteiger partial charge in [-0.05, 0) is 30.7 Å². The molecule has 1 aliphatic heterocycles. The molecule has 0 radical (unpaired) electrons. The smallest absolute Gasteiger partial charge is 0.321 e. The van der Waals surface area contributed by atoms with Crippen molar-refractivity contribution in [1.29, 1.82) is 0 Å². The van der Waals surface area contributed by atoms with Crippen LogP contribution in [0.15, 0.2) is 41.6 Å². The second-order valence-electron chi connectivity index (χ2n) is 6.03. The van der Waals surface area contributed by atoms with Crippen LogP contribution in [0.2, 0.25) is 0 Å². The molecule has 1 N–H and O–H groups in total. The number of aryl methyl sites for hydroxylation is 1. The van der Waals surface area contributed by atoms with Crippen molar-refractivity contribution in [2.75, 3.05) is 31.5 Å². The van der Waals surface area contributed by atoms with E-state index in [1.165, 1.54) is 45.6 Å². The summed E-state index contributed by atoms with van der Waals surface area (Å²) in [6, 6.07) is 5.15. The molecular formula is C16H20FN5O3S. The zero-order chi connectivity index (χ0) is 18.7. The fraction of sp³-hybridized carbons (Fsp3) is 0.375. The molecule has 1 aromatic carbocycles. The number of halogens is 1. The van der Waals surface area contributed by atoms with E-state index in [0.717, 1.165) is 0 Å². The number of rotatable bonds is 3. The Kier molecular flexibility index (Phi) is 5.23. The Morgan fingerprint density at radius 1 is 1.15 bits per heavy atom. The molecule has 0 spiro atoms. The summed E-state index contributed by atoms with van der Waals surface area (Å²) in [6.45, 7) is 1.24. The normalized spacial score (nSPS) is 16.3. The van der Waals surface area contributed by atoms with E-state index < -0.39 is 10.0 Å². The third-order valence-corrected chi connectivity index (χ3v) is 6.01. The highest BCUT2D eigenvalue weighted by molar-refractivity contribution is 7.89. The summed E-state index contributed by atoms with van der Waals surface area (Å²) in [6.07, 6.45) is 3.30. The third kappa shape index (κ3) is 4.02. The van der Waals surface area contributed by atoms with Gasteiger partial charge in [-0.15, -0.1) is 0 Å². The molecule has 26 heavy (non-hydrogen) atoms.